The van der Waals surface area contributed by atoms with Crippen LogP contribution in [0.3, 0.4) is 0 Å². The van der Waals surface area contributed by atoms with Crippen molar-refractivity contribution >= 4 is 32.6 Å². The van der Waals surface area contributed by atoms with Crippen molar-refractivity contribution in [2.24, 2.45) is 0 Å². The fourth-order valence-corrected chi connectivity index (χ4v) is 4.45. The van der Waals surface area contributed by atoms with Crippen LogP contribution in [0.5, 0.6) is 0 Å². The summed E-state index contributed by atoms with van der Waals surface area (Å²) in [6.45, 7) is 0.368. The average molecular weight is 542 g/mol. The van der Waals surface area contributed by atoms with Gasteiger partial charge in [-0.2, -0.15) is 0 Å². The third kappa shape index (κ3) is 5.35. The van der Waals surface area contributed by atoms with Gasteiger partial charge < -0.3 is 10.4 Å². The number of aliphatic hydroxyl groups excluding tert-OH is 1. The summed E-state index contributed by atoms with van der Waals surface area (Å²) >= 11 is 3.44. The van der Waals surface area contributed by atoms with Crippen LogP contribution in [0.4, 0.5) is 0 Å². The van der Waals surface area contributed by atoms with Gasteiger partial charge in [-0.15, -0.1) is 5.10 Å². The third-order valence-corrected chi connectivity index (χ3v) is 6.59. The normalized spacial score (nSPS) is 11.9. The highest BCUT2D eigenvalue weighted by atomic mass is 79.9. The number of carbonyl (C=O) groups is 1. The summed E-state index contributed by atoms with van der Waals surface area (Å²) < 4.78 is 2.69. The quantitative estimate of drug-likeness (QED) is 0.283. The molecule has 5 aromatic rings. The van der Waals surface area contributed by atoms with Crippen LogP contribution in [-0.4, -0.2) is 37.6 Å². The molecule has 5 rings (SSSR count). The molecule has 0 radical (unpaired) electrons. The van der Waals surface area contributed by atoms with Crippen LogP contribution in [0.2, 0.25) is 0 Å². The van der Waals surface area contributed by atoms with E-state index >= 15 is 0 Å². The van der Waals surface area contributed by atoms with E-state index in [4.69, 9.17) is 0 Å². The predicted octanol–water partition coefficient (Wildman–Crippen LogP) is 5.16. The summed E-state index contributed by atoms with van der Waals surface area (Å²) in [4.78, 5) is 17.4. The lowest BCUT2D eigenvalue weighted by atomic mass is 10.0. The molecular formula is C28H24BrN5O2. The summed E-state index contributed by atoms with van der Waals surface area (Å²) in [5.41, 5.74) is 4.05. The van der Waals surface area contributed by atoms with Gasteiger partial charge in [-0.3, -0.25) is 9.78 Å². The van der Waals surface area contributed by atoms with Crippen LogP contribution in [0.25, 0.3) is 22.0 Å². The number of hydrogen-bond donors (Lipinski definition) is 2. The number of rotatable bonds is 8. The molecule has 0 saturated carbocycles. The number of pyridine rings is 1. The van der Waals surface area contributed by atoms with Gasteiger partial charge in [-0.1, -0.05) is 63.6 Å². The minimum Gasteiger partial charge on any atom is -0.396 e. The van der Waals surface area contributed by atoms with Crippen LogP contribution in [0, 0.1) is 0 Å². The lowest BCUT2D eigenvalue weighted by Gasteiger charge is -2.19. The molecule has 0 aliphatic rings. The molecule has 2 N–H and O–H groups in total. The Morgan fingerprint density at radius 1 is 1.03 bits per heavy atom. The Balaban J connectivity index is 1.35. The largest absolute Gasteiger partial charge is 0.396 e. The molecule has 0 spiro atoms. The van der Waals surface area contributed by atoms with Crippen LogP contribution in [0.1, 0.15) is 33.9 Å². The Morgan fingerprint density at radius 2 is 1.86 bits per heavy atom. The van der Waals surface area contributed by atoms with Crippen LogP contribution < -0.4 is 5.32 Å². The number of hydrogen-bond acceptors (Lipinski definition) is 5. The van der Waals surface area contributed by atoms with E-state index in [0.29, 0.717) is 18.5 Å². The fourth-order valence-electron chi connectivity index (χ4n) is 4.19. The van der Waals surface area contributed by atoms with E-state index in [-0.39, 0.29) is 18.6 Å². The number of fused-ring (bicyclic) bond motifs is 1. The first kappa shape index (κ1) is 23.8. The van der Waals surface area contributed by atoms with Gasteiger partial charge in [0.05, 0.1) is 18.8 Å². The van der Waals surface area contributed by atoms with Gasteiger partial charge in [0.15, 0.2) is 0 Å². The van der Waals surface area contributed by atoms with E-state index < -0.39 is 0 Å². The fraction of sp³-hybridized carbons (Fsp3) is 0.143. The summed E-state index contributed by atoms with van der Waals surface area (Å²) in [6.07, 6.45) is 5.91. The van der Waals surface area contributed by atoms with Crippen molar-refractivity contribution in [3.63, 3.8) is 0 Å². The Labute approximate surface area is 216 Å². The Hall–Kier alpha value is -3.88. The number of carbonyl (C=O) groups excluding carboxylic acids is 1. The van der Waals surface area contributed by atoms with Crippen molar-refractivity contribution in [1.82, 2.24) is 25.3 Å². The first-order valence-corrected chi connectivity index (χ1v) is 12.4. The number of halogens is 1. The molecular weight excluding hydrogens is 518 g/mol. The molecule has 0 aliphatic heterocycles. The van der Waals surface area contributed by atoms with E-state index in [1.165, 1.54) is 0 Å². The molecule has 0 bridgehead atoms. The Kier molecular flexibility index (Phi) is 7.16. The first-order chi connectivity index (χ1) is 17.6. The summed E-state index contributed by atoms with van der Waals surface area (Å²) in [5, 5.41) is 23.4. The highest BCUT2D eigenvalue weighted by Gasteiger charge is 2.18. The zero-order chi connectivity index (χ0) is 24.9. The highest BCUT2D eigenvalue weighted by molar-refractivity contribution is 9.10. The molecule has 1 unspecified atom stereocenters. The number of nitrogens with zero attached hydrogens (tertiary/aromatic N) is 4. The minimum atomic E-state index is -0.301. The van der Waals surface area contributed by atoms with E-state index in [1.54, 1.807) is 16.9 Å². The maximum atomic E-state index is 13.3. The average Bonchev–Trinajstić information content (AvgIpc) is 3.37. The molecule has 0 fully saturated rings. The summed E-state index contributed by atoms with van der Waals surface area (Å²) in [7, 11) is 0. The van der Waals surface area contributed by atoms with Gasteiger partial charge in [-0.25, -0.2) is 4.68 Å². The third-order valence-electron chi connectivity index (χ3n) is 6.06. The smallest absolute Gasteiger partial charge is 0.252 e. The van der Waals surface area contributed by atoms with Crippen LogP contribution in [0.15, 0.2) is 95.9 Å². The van der Waals surface area contributed by atoms with Crippen LogP contribution in [-0.2, 0) is 6.54 Å². The molecule has 2 aromatic heterocycles. The standard InChI is InChI=1S/C28H24BrN5O2/c29-24-9-7-19(8-10-24)26(12-14-35)31-28(36)25-4-2-1-3-23(25)17-34-18-27(32-33-34)21-5-6-22-16-30-13-11-20(22)15-21/h1-11,13,15-16,18,26,35H,12,14,17H2,(H,31,36). The van der Waals surface area contributed by atoms with Gasteiger partial charge in [0.1, 0.15) is 5.69 Å². The van der Waals surface area contributed by atoms with Crippen molar-refractivity contribution < 1.29 is 9.90 Å². The summed E-state index contributed by atoms with van der Waals surface area (Å²) in [6, 6.07) is 23.0. The second-order valence-electron chi connectivity index (χ2n) is 8.49. The highest BCUT2D eigenvalue weighted by Crippen LogP contribution is 2.23. The maximum absolute atomic E-state index is 13.3. The SMILES string of the molecule is O=C(NC(CCO)c1ccc(Br)cc1)c1ccccc1Cn1cc(-c2ccc3cnccc3c2)nn1. The number of benzene rings is 3. The number of aromatic nitrogens is 4. The van der Waals surface area contributed by atoms with Crippen molar-refractivity contribution in [2.45, 2.75) is 19.0 Å². The van der Waals surface area contributed by atoms with Crippen molar-refractivity contribution in [1.29, 1.82) is 0 Å². The second-order valence-corrected chi connectivity index (χ2v) is 9.40. The molecule has 0 saturated heterocycles. The second kappa shape index (κ2) is 10.8. The molecule has 1 amide bonds. The molecule has 3 aromatic carbocycles. The monoisotopic (exact) mass is 541 g/mol. The van der Waals surface area contributed by atoms with E-state index in [1.807, 2.05) is 73.1 Å². The van der Waals surface area contributed by atoms with Gasteiger partial charge in [0, 0.05) is 40.0 Å². The molecule has 0 aliphatic carbocycles. The first-order valence-electron chi connectivity index (χ1n) is 11.6. The maximum Gasteiger partial charge on any atom is 0.252 e. The molecule has 2 heterocycles. The molecule has 1 atom stereocenters. The van der Waals surface area contributed by atoms with Gasteiger partial charge in [0.2, 0.25) is 0 Å². The number of nitrogens with one attached hydrogen (secondary N) is 1. The lowest BCUT2D eigenvalue weighted by molar-refractivity contribution is 0.0929. The molecule has 7 nitrogen and oxygen atoms in total. The van der Waals surface area contributed by atoms with Crippen LogP contribution >= 0.6 is 15.9 Å². The van der Waals surface area contributed by atoms with Gasteiger partial charge >= 0.3 is 0 Å². The van der Waals surface area contributed by atoms with E-state index in [0.717, 1.165) is 37.6 Å². The van der Waals surface area contributed by atoms with Crippen molar-refractivity contribution in [3.8, 4) is 11.3 Å². The minimum absolute atomic E-state index is 0.0321. The molecule has 36 heavy (non-hydrogen) atoms. The lowest BCUT2D eigenvalue weighted by Crippen LogP contribution is -2.30. The van der Waals surface area contributed by atoms with E-state index in [9.17, 15) is 9.90 Å². The Morgan fingerprint density at radius 3 is 2.69 bits per heavy atom. The number of aliphatic hydroxyl groups is 1. The number of amides is 1. The van der Waals surface area contributed by atoms with Gasteiger partial charge in [-0.05, 0) is 53.3 Å². The predicted molar refractivity (Wildman–Crippen MR) is 142 cm³/mol. The zero-order valence-electron chi connectivity index (χ0n) is 19.4. The zero-order valence-corrected chi connectivity index (χ0v) is 21.0. The van der Waals surface area contributed by atoms with Gasteiger partial charge in [0.25, 0.3) is 5.91 Å². The van der Waals surface area contributed by atoms with E-state index in [2.05, 4.69) is 42.6 Å². The Bertz CT molecular complexity index is 1500. The topological polar surface area (TPSA) is 92.9 Å². The summed E-state index contributed by atoms with van der Waals surface area (Å²) in [5.74, 6) is -0.199. The van der Waals surface area contributed by atoms with Crippen molar-refractivity contribution in [2.75, 3.05) is 6.61 Å². The molecule has 180 valence electrons. The van der Waals surface area contributed by atoms with Crippen molar-refractivity contribution in [3.05, 3.63) is 113 Å². The molecule has 8 heteroatoms.